The first-order valence-corrected chi connectivity index (χ1v) is 8.02. The molecule has 4 rings (SSSR count). The Kier molecular flexibility index (Phi) is 3.85. The van der Waals surface area contributed by atoms with Gasteiger partial charge in [0.05, 0.1) is 35.7 Å². The summed E-state index contributed by atoms with van der Waals surface area (Å²) in [4.78, 5) is 25.3. The number of hydrogen-bond acceptors (Lipinski definition) is 6. The minimum atomic E-state index is -0.283. The van der Waals surface area contributed by atoms with Crippen LogP contribution < -0.4 is 10.6 Å². The highest BCUT2D eigenvalue weighted by molar-refractivity contribution is 6.06. The number of nitrogens with zero attached hydrogens (tertiary/aromatic N) is 5. The van der Waals surface area contributed by atoms with Gasteiger partial charge in [-0.1, -0.05) is 0 Å². The summed E-state index contributed by atoms with van der Waals surface area (Å²) in [6.07, 6.45) is 10.3. The normalized spacial score (nSPS) is 13.5. The molecule has 3 aromatic heterocycles. The number of pyridine rings is 1. The van der Waals surface area contributed by atoms with Crippen molar-refractivity contribution >= 4 is 23.0 Å². The molecule has 1 aliphatic carbocycles. The second-order valence-electron chi connectivity index (χ2n) is 6.02. The number of aromatic nitrogens is 5. The quantitative estimate of drug-likeness (QED) is 0.743. The first-order valence-electron chi connectivity index (χ1n) is 8.02. The first-order chi connectivity index (χ1) is 12.2. The fraction of sp³-hybridized carbons (Fsp3) is 0.235. The average Bonchev–Trinajstić information content (AvgIpc) is 3.39. The van der Waals surface area contributed by atoms with Crippen molar-refractivity contribution in [1.29, 1.82) is 0 Å². The van der Waals surface area contributed by atoms with Crippen LogP contribution in [-0.4, -0.2) is 30.6 Å². The van der Waals surface area contributed by atoms with Crippen LogP contribution in [0.2, 0.25) is 0 Å². The van der Waals surface area contributed by atoms with Gasteiger partial charge in [0.1, 0.15) is 6.33 Å². The Bertz CT molecular complexity index is 902. The lowest BCUT2D eigenvalue weighted by Crippen LogP contribution is -2.16. The maximum Gasteiger partial charge on any atom is 0.276 e. The van der Waals surface area contributed by atoms with E-state index < -0.39 is 0 Å². The van der Waals surface area contributed by atoms with Crippen LogP contribution in [0.1, 0.15) is 34.9 Å². The summed E-state index contributed by atoms with van der Waals surface area (Å²) in [5.41, 5.74) is 3.22. The molecule has 1 aliphatic rings. The van der Waals surface area contributed by atoms with Crippen LogP contribution in [0.15, 0.2) is 43.2 Å². The molecule has 3 aromatic rings. The topological polar surface area (TPSA) is 97.6 Å². The van der Waals surface area contributed by atoms with Crippen molar-refractivity contribution in [1.82, 2.24) is 24.7 Å². The second kappa shape index (κ2) is 6.31. The Labute approximate surface area is 144 Å². The lowest BCUT2D eigenvalue weighted by Gasteiger charge is -2.12. The van der Waals surface area contributed by atoms with Crippen molar-refractivity contribution in [2.75, 3.05) is 10.6 Å². The molecule has 2 N–H and O–H groups in total. The molecule has 3 heterocycles. The van der Waals surface area contributed by atoms with Gasteiger partial charge in [0, 0.05) is 24.9 Å². The number of nitrogens with one attached hydrogen (secondary N) is 2. The van der Waals surface area contributed by atoms with Crippen molar-refractivity contribution in [2.24, 2.45) is 7.05 Å². The molecule has 0 atom stereocenters. The number of hydrogen-bond donors (Lipinski definition) is 2. The van der Waals surface area contributed by atoms with Crippen molar-refractivity contribution in [2.45, 2.75) is 18.8 Å². The summed E-state index contributed by atoms with van der Waals surface area (Å²) < 4.78 is 1.63. The Morgan fingerprint density at radius 1 is 1.16 bits per heavy atom. The minimum Gasteiger partial charge on any atom is -0.351 e. The van der Waals surface area contributed by atoms with E-state index in [1.165, 1.54) is 6.33 Å². The molecule has 0 radical (unpaired) electrons. The predicted octanol–water partition coefficient (Wildman–Crippen LogP) is 2.48. The molecule has 0 aromatic carbocycles. The highest BCUT2D eigenvalue weighted by Gasteiger charge is 2.27. The smallest absolute Gasteiger partial charge is 0.276 e. The Hall–Kier alpha value is -3.29. The average molecular weight is 335 g/mol. The molecule has 0 bridgehead atoms. The van der Waals surface area contributed by atoms with Crippen molar-refractivity contribution in [3.63, 3.8) is 0 Å². The van der Waals surface area contributed by atoms with E-state index in [9.17, 15) is 4.79 Å². The number of aryl methyl sites for hydroxylation is 1. The van der Waals surface area contributed by atoms with Crippen LogP contribution in [-0.2, 0) is 7.05 Å². The SMILES string of the molecule is Cn1cc(NC(=O)c2nc(C3CC3)ccc2Nc2cncnc2)cn1. The van der Waals surface area contributed by atoms with Crippen molar-refractivity contribution < 1.29 is 4.79 Å². The molecule has 0 unspecified atom stereocenters. The minimum absolute atomic E-state index is 0.283. The third-order valence-corrected chi connectivity index (χ3v) is 3.93. The summed E-state index contributed by atoms with van der Waals surface area (Å²) in [6.45, 7) is 0. The molecule has 0 saturated heterocycles. The lowest BCUT2D eigenvalue weighted by atomic mass is 10.2. The maximum absolute atomic E-state index is 12.7. The Morgan fingerprint density at radius 3 is 2.64 bits per heavy atom. The molecule has 0 aliphatic heterocycles. The van der Waals surface area contributed by atoms with E-state index in [1.54, 1.807) is 36.5 Å². The summed E-state index contributed by atoms with van der Waals surface area (Å²) >= 11 is 0. The summed E-state index contributed by atoms with van der Waals surface area (Å²) in [5.74, 6) is 0.175. The van der Waals surface area contributed by atoms with Crippen LogP contribution in [0.5, 0.6) is 0 Å². The van der Waals surface area contributed by atoms with Crippen LogP contribution in [0, 0.1) is 0 Å². The van der Waals surface area contributed by atoms with Gasteiger partial charge >= 0.3 is 0 Å². The van der Waals surface area contributed by atoms with Crippen LogP contribution >= 0.6 is 0 Å². The molecular formula is C17H17N7O. The highest BCUT2D eigenvalue weighted by Crippen LogP contribution is 2.39. The molecular weight excluding hydrogens is 318 g/mol. The van der Waals surface area contributed by atoms with Crippen molar-refractivity contribution in [3.8, 4) is 0 Å². The van der Waals surface area contributed by atoms with E-state index in [4.69, 9.17) is 0 Å². The van der Waals surface area contributed by atoms with Gasteiger partial charge in [-0.3, -0.25) is 9.48 Å². The van der Waals surface area contributed by atoms with Crippen LogP contribution in [0.4, 0.5) is 17.1 Å². The van der Waals surface area contributed by atoms with Gasteiger partial charge in [-0.25, -0.2) is 15.0 Å². The summed E-state index contributed by atoms with van der Waals surface area (Å²) in [5, 5.41) is 10.1. The summed E-state index contributed by atoms with van der Waals surface area (Å²) in [6, 6.07) is 3.84. The van der Waals surface area contributed by atoms with Crippen LogP contribution in [0.25, 0.3) is 0 Å². The van der Waals surface area contributed by atoms with E-state index in [0.29, 0.717) is 28.7 Å². The number of anilines is 3. The van der Waals surface area contributed by atoms with Crippen LogP contribution in [0.3, 0.4) is 0 Å². The van der Waals surface area contributed by atoms with E-state index >= 15 is 0 Å². The molecule has 1 saturated carbocycles. The van der Waals surface area contributed by atoms with Gasteiger partial charge < -0.3 is 10.6 Å². The van der Waals surface area contributed by atoms with Gasteiger partial charge in [-0.05, 0) is 25.0 Å². The molecule has 0 spiro atoms. The molecule has 25 heavy (non-hydrogen) atoms. The van der Waals surface area contributed by atoms with Gasteiger partial charge in [0.2, 0.25) is 0 Å². The highest BCUT2D eigenvalue weighted by atomic mass is 16.1. The molecule has 1 amide bonds. The maximum atomic E-state index is 12.7. The Balaban J connectivity index is 1.64. The van der Waals surface area contributed by atoms with E-state index in [1.807, 2.05) is 12.1 Å². The first kappa shape index (κ1) is 15.3. The second-order valence-corrected chi connectivity index (χ2v) is 6.02. The zero-order chi connectivity index (χ0) is 17.2. The molecule has 1 fully saturated rings. The fourth-order valence-electron chi connectivity index (χ4n) is 2.55. The third-order valence-electron chi connectivity index (χ3n) is 3.93. The zero-order valence-corrected chi connectivity index (χ0v) is 13.7. The summed E-state index contributed by atoms with van der Waals surface area (Å²) in [7, 11) is 1.80. The monoisotopic (exact) mass is 335 g/mol. The number of rotatable bonds is 5. The van der Waals surface area contributed by atoms with Crippen molar-refractivity contribution in [3.05, 3.63) is 54.6 Å². The Morgan fingerprint density at radius 2 is 1.96 bits per heavy atom. The number of carbonyl (C=O) groups excluding carboxylic acids is 1. The fourth-order valence-corrected chi connectivity index (χ4v) is 2.55. The van der Waals surface area contributed by atoms with Gasteiger partial charge in [0.15, 0.2) is 5.69 Å². The number of amides is 1. The zero-order valence-electron chi connectivity index (χ0n) is 13.7. The predicted molar refractivity (Wildman–Crippen MR) is 92.7 cm³/mol. The lowest BCUT2D eigenvalue weighted by molar-refractivity contribution is 0.102. The molecule has 8 nitrogen and oxygen atoms in total. The molecule has 126 valence electrons. The van der Waals surface area contributed by atoms with E-state index in [2.05, 4.69) is 30.7 Å². The molecule has 8 heteroatoms. The largest absolute Gasteiger partial charge is 0.351 e. The number of carbonyl (C=O) groups is 1. The van der Waals surface area contributed by atoms with Gasteiger partial charge in [0.25, 0.3) is 5.91 Å². The third kappa shape index (κ3) is 3.47. The van der Waals surface area contributed by atoms with Gasteiger partial charge in [-0.2, -0.15) is 5.10 Å². The van der Waals surface area contributed by atoms with E-state index in [-0.39, 0.29) is 5.91 Å². The standard InChI is InChI=1S/C17H17N7O/c1-24-9-13(8-20-24)22-17(25)16-15(21-12-6-18-10-19-7-12)5-4-14(23-16)11-2-3-11/h4-11,21H,2-3H2,1H3,(H,22,25). The van der Waals surface area contributed by atoms with Gasteiger partial charge in [-0.15, -0.1) is 0 Å². The van der Waals surface area contributed by atoms with E-state index in [0.717, 1.165) is 18.5 Å².